The number of ether oxygens (including phenoxy) is 2. The van der Waals surface area contributed by atoms with Crippen LogP contribution in [0.3, 0.4) is 0 Å². The highest BCUT2D eigenvalue weighted by Crippen LogP contribution is 2.39. The second-order valence-corrected chi connectivity index (χ2v) is 12.5. The molecular weight excluding hydrogens is 596 g/mol. The Morgan fingerprint density at radius 3 is 2.17 bits per heavy atom. The zero-order chi connectivity index (χ0) is 33.9. The van der Waals surface area contributed by atoms with Crippen molar-refractivity contribution in [1.82, 2.24) is 9.47 Å². The normalized spacial score (nSPS) is 14.8. The lowest BCUT2D eigenvalue weighted by Crippen LogP contribution is -2.47. The summed E-state index contributed by atoms with van der Waals surface area (Å²) in [6.45, 7) is 14.8. The van der Waals surface area contributed by atoms with Gasteiger partial charge in [0.25, 0.3) is 5.56 Å². The van der Waals surface area contributed by atoms with Crippen molar-refractivity contribution >= 4 is 34.2 Å². The van der Waals surface area contributed by atoms with E-state index in [9.17, 15) is 14.4 Å². The van der Waals surface area contributed by atoms with E-state index in [4.69, 9.17) is 13.9 Å². The fourth-order valence-electron chi connectivity index (χ4n) is 6.23. The van der Waals surface area contributed by atoms with Gasteiger partial charge in [0.15, 0.2) is 6.29 Å². The highest BCUT2D eigenvalue weighted by Gasteiger charge is 2.45. The molecule has 10 heteroatoms. The predicted octanol–water partition coefficient (Wildman–Crippen LogP) is 6.03. The molecule has 10 nitrogen and oxygen atoms in total. The molecule has 0 N–H and O–H groups in total. The Morgan fingerprint density at radius 1 is 0.851 bits per heavy atom. The number of furan rings is 1. The maximum Gasteiger partial charge on any atom is 0.261 e. The molecule has 1 aliphatic heterocycles. The number of aryl methyl sites for hydroxylation is 1. The van der Waals surface area contributed by atoms with Crippen LogP contribution in [0, 0.1) is 12.3 Å². The molecule has 0 atom stereocenters. The topological polar surface area (TPSA) is 97.5 Å². The number of nitrogens with zero attached hydrogens (tertiary/aromatic N) is 4. The van der Waals surface area contributed by atoms with E-state index in [0.29, 0.717) is 68.4 Å². The number of aromatic nitrogens is 1. The van der Waals surface area contributed by atoms with Gasteiger partial charge in [0, 0.05) is 64.7 Å². The number of rotatable bonds is 13. The lowest BCUT2D eigenvalue weighted by Gasteiger charge is -2.27. The van der Waals surface area contributed by atoms with E-state index >= 15 is 0 Å². The Morgan fingerprint density at radius 2 is 1.51 bits per heavy atom. The van der Waals surface area contributed by atoms with Gasteiger partial charge in [0.1, 0.15) is 16.8 Å². The molecule has 5 rings (SSSR count). The Bertz CT molecular complexity index is 1780. The van der Waals surface area contributed by atoms with Gasteiger partial charge in [-0.3, -0.25) is 19.3 Å². The van der Waals surface area contributed by atoms with Crippen molar-refractivity contribution in [2.75, 3.05) is 43.2 Å². The zero-order valence-corrected chi connectivity index (χ0v) is 28.5. The van der Waals surface area contributed by atoms with E-state index in [0.717, 1.165) is 22.4 Å². The minimum absolute atomic E-state index is 0.0846. The molecule has 2 aromatic heterocycles. The van der Waals surface area contributed by atoms with Gasteiger partial charge in [-0.15, -0.1) is 0 Å². The van der Waals surface area contributed by atoms with E-state index < -0.39 is 11.7 Å². The van der Waals surface area contributed by atoms with Crippen molar-refractivity contribution in [2.45, 2.75) is 67.5 Å². The second kappa shape index (κ2) is 14.3. The molecule has 250 valence electrons. The zero-order valence-electron chi connectivity index (χ0n) is 28.5. The van der Waals surface area contributed by atoms with Crippen molar-refractivity contribution < 1.29 is 23.5 Å². The Labute approximate surface area is 276 Å². The van der Waals surface area contributed by atoms with Gasteiger partial charge in [-0.2, -0.15) is 0 Å². The molecule has 2 aromatic carbocycles. The molecule has 0 radical (unpaired) electrons. The second-order valence-electron chi connectivity index (χ2n) is 12.5. The summed E-state index contributed by atoms with van der Waals surface area (Å²) in [6.07, 6.45) is 1.37. The molecule has 0 spiro atoms. The number of fused-ring (bicyclic) bond motifs is 2. The molecule has 2 amide bonds. The van der Waals surface area contributed by atoms with E-state index in [2.05, 4.69) is 17.0 Å². The van der Waals surface area contributed by atoms with Crippen molar-refractivity contribution in [3.8, 4) is 0 Å². The first-order valence-electron chi connectivity index (χ1n) is 16.3. The number of hydrogen-bond acceptors (Lipinski definition) is 7. The average molecular weight is 643 g/mol. The molecule has 0 unspecified atom stereocenters. The van der Waals surface area contributed by atoms with Crippen LogP contribution in [0.4, 0.5) is 11.4 Å². The van der Waals surface area contributed by atoms with Crippen LogP contribution in [0.2, 0.25) is 0 Å². The predicted molar refractivity (Wildman–Crippen MR) is 183 cm³/mol. The van der Waals surface area contributed by atoms with Crippen LogP contribution in [0.5, 0.6) is 0 Å². The molecule has 3 heterocycles. The van der Waals surface area contributed by atoms with Crippen molar-refractivity contribution in [2.24, 2.45) is 5.41 Å². The molecule has 0 saturated heterocycles. The summed E-state index contributed by atoms with van der Waals surface area (Å²) in [5.74, 6) is 0.254. The summed E-state index contributed by atoms with van der Waals surface area (Å²) >= 11 is 0. The van der Waals surface area contributed by atoms with Crippen LogP contribution in [0.25, 0.3) is 11.0 Å². The van der Waals surface area contributed by atoms with E-state index in [1.807, 2.05) is 64.1 Å². The first kappa shape index (κ1) is 34.1. The molecule has 0 saturated carbocycles. The van der Waals surface area contributed by atoms with Crippen molar-refractivity contribution in [3.63, 3.8) is 0 Å². The van der Waals surface area contributed by atoms with Gasteiger partial charge in [0.2, 0.25) is 11.8 Å². The summed E-state index contributed by atoms with van der Waals surface area (Å²) in [5.41, 5.74) is 3.79. The third-order valence-corrected chi connectivity index (χ3v) is 8.77. The van der Waals surface area contributed by atoms with Crippen LogP contribution >= 0.6 is 0 Å². The molecular formula is C37H46N4O6. The van der Waals surface area contributed by atoms with Gasteiger partial charge < -0.3 is 28.3 Å². The van der Waals surface area contributed by atoms with Crippen LogP contribution in [0.1, 0.15) is 63.4 Å². The molecule has 0 fully saturated rings. The minimum atomic E-state index is -1.17. The average Bonchev–Trinajstić information content (AvgIpc) is 3.43. The van der Waals surface area contributed by atoms with Gasteiger partial charge in [-0.1, -0.05) is 30.3 Å². The highest BCUT2D eigenvalue weighted by atomic mass is 16.7. The van der Waals surface area contributed by atoms with Crippen LogP contribution in [-0.4, -0.2) is 54.6 Å². The standard InChI is InChI=1S/C37H46N4O6/c1-8-41-30-16-13-27(22-31(30)38(7)35(43)37(5,6)36(41)44)24-39(19-20-40-18-17-32-29(33(40)42)21-25(4)47-32)23-26-11-14-28(15-12-26)34(45-9-2)46-10-3/h11-18,21-22,34H,8-10,19-20,23-24H2,1-7H3. The number of carbonyl (C=O) groups is 2. The number of amides is 2. The number of anilines is 2. The summed E-state index contributed by atoms with van der Waals surface area (Å²) in [6, 6.07) is 17.8. The van der Waals surface area contributed by atoms with Gasteiger partial charge in [0.05, 0.1) is 16.8 Å². The number of carbonyl (C=O) groups excluding carboxylic acids is 2. The van der Waals surface area contributed by atoms with Crippen LogP contribution in [-0.2, 0) is 38.7 Å². The molecule has 47 heavy (non-hydrogen) atoms. The summed E-state index contributed by atoms with van der Waals surface area (Å²) in [7, 11) is 1.73. The third-order valence-electron chi connectivity index (χ3n) is 8.77. The number of benzene rings is 2. The lowest BCUT2D eigenvalue weighted by molar-refractivity contribution is -0.140. The van der Waals surface area contributed by atoms with Gasteiger partial charge >= 0.3 is 0 Å². The largest absolute Gasteiger partial charge is 0.461 e. The van der Waals surface area contributed by atoms with E-state index in [-0.39, 0.29) is 17.4 Å². The van der Waals surface area contributed by atoms with Crippen molar-refractivity contribution in [3.05, 3.63) is 93.6 Å². The fourth-order valence-corrected chi connectivity index (χ4v) is 6.23. The monoisotopic (exact) mass is 642 g/mol. The fraction of sp³-hybridized carbons (Fsp3) is 0.432. The van der Waals surface area contributed by atoms with Crippen LogP contribution < -0.4 is 15.4 Å². The molecule has 0 bridgehead atoms. The lowest BCUT2D eigenvalue weighted by atomic mass is 9.90. The maximum atomic E-state index is 13.4. The molecule has 4 aromatic rings. The Kier molecular flexibility index (Phi) is 10.3. The first-order chi connectivity index (χ1) is 22.5. The minimum Gasteiger partial charge on any atom is -0.461 e. The quantitative estimate of drug-likeness (QED) is 0.130. The third kappa shape index (κ3) is 7.05. The van der Waals surface area contributed by atoms with Gasteiger partial charge in [-0.25, -0.2) is 0 Å². The summed E-state index contributed by atoms with van der Waals surface area (Å²) in [5, 5.41) is 0.571. The smallest absolute Gasteiger partial charge is 0.261 e. The van der Waals surface area contributed by atoms with Crippen molar-refractivity contribution in [1.29, 1.82) is 0 Å². The Balaban J connectivity index is 1.44. The summed E-state index contributed by atoms with van der Waals surface area (Å²) < 4.78 is 18.9. The number of hydrogen-bond donors (Lipinski definition) is 0. The number of pyridine rings is 1. The highest BCUT2D eigenvalue weighted by molar-refractivity contribution is 6.19. The first-order valence-corrected chi connectivity index (χ1v) is 16.3. The SMILES string of the molecule is CCOC(OCC)c1ccc(CN(CCn2ccc3oc(C)cc3c2=O)Cc2ccc3c(c2)N(C)C(=O)C(C)(C)C(=O)N3CC)cc1. The maximum absolute atomic E-state index is 13.4. The molecule has 0 aliphatic carbocycles. The summed E-state index contributed by atoms with van der Waals surface area (Å²) in [4.78, 5) is 45.6. The van der Waals surface area contributed by atoms with Crippen LogP contribution in [0.15, 0.2) is 70.0 Å². The van der Waals surface area contributed by atoms with Gasteiger partial charge in [-0.05, 0) is 76.9 Å². The molecule has 1 aliphatic rings. The van der Waals surface area contributed by atoms with E-state index in [1.165, 1.54) is 0 Å². The van der Waals surface area contributed by atoms with E-state index in [1.54, 1.807) is 47.5 Å². The Hall–Kier alpha value is -4.25.